The van der Waals surface area contributed by atoms with Crippen molar-refractivity contribution in [3.8, 4) is 0 Å². The third-order valence-electron chi connectivity index (χ3n) is 3.20. The summed E-state index contributed by atoms with van der Waals surface area (Å²) in [6, 6.07) is 6.88. The second kappa shape index (κ2) is 8.38. The molecule has 1 aromatic rings. The number of carbonyl (C=O) groups is 2. The molecule has 0 fully saturated rings. The molecule has 0 radical (unpaired) electrons. The fourth-order valence-electron chi connectivity index (χ4n) is 2.09. The third kappa shape index (κ3) is 4.45. The highest BCUT2D eigenvalue weighted by Gasteiger charge is 2.40. The number of hydrogen-bond acceptors (Lipinski definition) is 7. The number of thioether (sulfide) groups is 1. The zero-order chi connectivity index (χ0) is 16.7. The zero-order valence-electron chi connectivity index (χ0n) is 12.5. The summed E-state index contributed by atoms with van der Waals surface area (Å²) in [5.74, 6) is -4.04. The van der Waals surface area contributed by atoms with Crippen molar-refractivity contribution >= 4 is 23.7 Å². The average molecular weight is 327 g/mol. The molecular formula is C14H17NO6S. The number of benzene rings is 1. The van der Waals surface area contributed by atoms with E-state index < -0.39 is 35.2 Å². The molecule has 22 heavy (non-hydrogen) atoms. The normalized spacial score (nSPS) is 11.8. The monoisotopic (exact) mass is 327 g/mol. The van der Waals surface area contributed by atoms with Crippen LogP contribution in [0, 0.1) is 16.0 Å². The minimum Gasteiger partial charge on any atom is -0.468 e. The van der Waals surface area contributed by atoms with Crippen molar-refractivity contribution in [2.45, 2.75) is 10.8 Å². The van der Waals surface area contributed by atoms with Crippen LogP contribution in [0.1, 0.15) is 11.5 Å². The Morgan fingerprint density at radius 1 is 1.18 bits per heavy atom. The minimum absolute atomic E-state index is 0.510. The van der Waals surface area contributed by atoms with Gasteiger partial charge in [0.1, 0.15) is 0 Å². The number of carbonyl (C=O) groups excluding carboxylic acids is 2. The lowest BCUT2D eigenvalue weighted by molar-refractivity contribution is -0.484. The van der Waals surface area contributed by atoms with E-state index in [2.05, 4.69) is 9.47 Å². The van der Waals surface area contributed by atoms with Crippen LogP contribution in [-0.2, 0) is 19.1 Å². The van der Waals surface area contributed by atoms with Crippen LogP contribution in [0.15, 0.2) is 29.2 Å². The number of nitro groups is 1. The van der Waals surface area contributed by atoms with E-state index in [4.69, 9.17) is 0 Å². The first-order valence-corrected chi connectivity index (χ1v) is 7.58. The first kappa shape index (κ1) is 18.0. The Hall–Kier alpha value is -2.09. The van der Waals surface area contributed by atoms with Gasteiger partial charge in [-0.2, -0.15) is 0 Å². The number of ether oxygens (including phenoxy) is 2. The smallest absolute Gasteiger partial charge is 0.320 e. The van der Waals surface area contributed by atoms with Gasteiger partial charge in [-0.1, -0.05) is 12.1 Å². The van der Waals surface area contributed by atoms with Crippen molar-refractivity contribution in [1.82, 2.24) is 0 Å². The summed E-state index contributed by atoms with van der Waals surface area (Å²) in [4.78, 5) is 35.1. The van der Waals surface area contributed by atoms with Crippen LogP contribution in [0.5, 0.6) is 0 Å². The molecule has 0 heterocycles. The topological polar surface area (TPSA) is 95.7 Å². The Labute approximate surface area is 132 Å². The molecule has 0 aliphatic rings. The van der Waals surface area contributed by atoms with E-state index in [0.29, 0.717) is 5.56 Å². The summed E-state index contributed by atoms with van der Waals surface area (Å²) in [6.07, 6.45) is 1.90. The molecular weight excluding hydrogens is 310 g/mol. The fraction of sp³-hybridized carbons (Fsp3) is 0.429. The summed E-state index contributed by atoms with van der Waals surface area (Å²) in [5, 5.41) is 10.9. The predicted molar refractivity (Wildman–Crippen MR) is 80.3 cm³/mol. The van der Waals surface area contributed by atoms with Gasteiger partial charge in [-0.3, -0.25) is 19.7 Å². The summed E-state index contributed by atoms with van der Waals surface area (Å²) in [5.41, 5.74) is 0.510. The summed E-state index contributed by atoms with van der Waals surface area (Å²) >= 11 is 1.52. The van der Waals surface area contributed by atoms with Gasteiger partial charge in [0.25, 0.3) is 0 Å². The van der Waals surface area contributed by atoms with Gasteiger partial charge in [0.15, 0.2) is 5.92 Å². The van der Waals surface area contributed by atoms with Crippen LogP contribution in [0.2, 0.25) is 0 Å². The van der Waals surface area contributed by atoms with Crippen molar-refractivity contribution < 1.29 is 24.0 Å². The maximum atomic E-state index is 11.9. The molecule has 0 unspecified atom stereocenters. The highest BCUT2D eigenvalue weighted by Crippen LogP contribution is 2.29. The second-order valence-corrected chi connectivity index (χ2v) is 5.30. The lowest BCUT2D eigenvalue weighted by Crippen LogP contribution is -2.35. The van der Waals surface area contributed by atoms with E-state index in [9.17, 15) is 19.7 Å². The Morgan fingerprint density at radius 2 is 1.68 bits per heavy atom. The Morgan fingerprint density at radius 3 is 2.05 bits per heavy atom. The number of esters is 2. The van der Waals surface area contributed by atoms with Gasteiger partial charge in [0, 0.05) is 9.82 Å². The molecule has 0 N–H and O–H groups in total. The number of methoxy groups -OCH3 is 2. The number of nitrogens with zero attached hydrogens (tertiary/aromatic N) is 1. The summed E-state index contributed by atoms with van der Waals surface area (Å²) in [7, 11) is 2.25. The molecule has 1 atom stereocenters. The summed E-state index contributed by atoms with van der Waals surface area (Å²) in [6.45, 7) is -0.576. The molecule has 0 amide bonds. The lowest BCUT2D eigenvalue weighted by Gasteiger charge is -2.20. The van der Waals surface area contributed by atoms with Crippen LogP contribution in [-0.4, -0.2) is 43.9 Å². The third-order valence-corrected chi connectivity index (χ3v) is 3.95. The quantitative estimate of drug-likeness (QED) is 0.247. The Kier molecular flexibility index (Phi) is 6.84. The van der Waals surface area contributed by atoms with Gasteiger partial charge in [0.2, 0.25) is 6.54 Å². The molecule has 7 nitrogen and oxygen atoms in total. The van der Waals surface area contributed by atoms with E-state index in [1.165, 1.54) is 11.8 Å². The van der Waals surface area contributed by atoms with Crippen molar-refractivity contribution in [2.24, 2.45) is 5.92 Å². The van der Waals surface area contributed by atoms with E-state index in [-0.39, 0.29) is 0 Å². The average Bonchev–Trinajstić information content (AvgIpc) is 2.53. The standard InChI is InChI=1S/C14H17NO6S/c1-20-13(16)12(14(17)21-2)11(8-15(18)19)9-4-6-10(22-3)7-5-9/h4-7,11-12H,8H2,1-3H3/t11-/m1/s1. The van der Waals surface area contributed by atoms with E-state index >= 15 is 0 Å². The number of hydrogen-bond donors (Lipinski definition) is 0. The van der Waals surface area contributed by atoms with Crippen molar-refractivity contribution in [2.75, 3.05) is 27.0 Å². The van der Waals surface area contributed by atoms with Crippen LogP contribution in [0.3, 0.4) is 0 Å². The molecule has 8 heteroatoms. The highest BCUT2D eigenvalue weighted by atomic mass is 32.2. The zero-order valence-corrected chi connectivity index (χ0v) is 13.3. The van der Waals surface area contributed by atoms with Gasteiger partial charge in [-0.15, -0.1) is 11.8 Å². The highest BCUT2D eigenvalue weighted by molar-refractivity contribution is 7.98. The maximum absolute atomic E-state index is 11.9. The van der Waals surface area contributed by atoms with Gasteiger partial charge >= 0.3 is 11.9 Å². The SMILES string of the molecule is COC(=O)C(C(=O)OC)[C@H](C[N+](=O)[O-])c1ccc(SC)cc1. The Balaban J connectivity index is 3.25. The van der Waals surface area contributed by atoms with Crippen LogP contribution >= 0.6 is 11.8 Å². The first-order valence-electron chi connectivity index (χ1n) is 6.36. The van der Waals surface area contributed by atoms with Crippen LogP contribution < -0.4 is 0 Å². The molecule has 1 rings (SSSR count). The van der Waals surface area contributed by atoms with Gasteiger partial charge < -0.3 is 9.47 Å². The summed E-state index contributed by atoms with van der Waals surface area (Å²) < 4.78 is 9.20. The molecule has 120 valence electrons. The van der Waals surface area contributed by atoms with Crippen molar-refractivity contribution in [3.63, 3.8) is 0 Å². The Bertz CT molecular complexity index is 529. The molecule has 0 saturated heterocycles. The molecule has 0 bridgehead atoms. The maximum Gasteiger partial charge on any atom is 0.320 e. The number of rotatable bonds is 7. The molecule has 0 aromatic heterocycles. The van der Waals surface area contributed by atoms with Crippen molar-refractivity contribution in [3.05, 3.63) is 39.9 Å². The van der Waals surface area contributed by atoms with Crippen LogP contribution in [0.25, 0.3) is 0 Å². The molecule has 0 saturated carbocycles. The lowest BCUT2D eigenvalue weighted by atomic mass is 9.86. The fourth-order valence-corrected chi connectivity index (χ4v) is 2.50. The second-order valence-electron chi connectivity index (χ2n) is 4.42. The predicted octanol–water partition coefficient (Wildman–Crippen LogP) is 1.73. The van der Waals surface area contributed by atoms with Gasteiger partial charge in [0.05, 0.1) is 20.1 Å². The largest absolute Gasteiger partial charge is 0.468 e. The van der Waals surface area contributed by atoms with E-state index in [1.54, 1.807) is 24.3 Å². The molecule has 1 aromatic carbocycles. The van der Waals surface area contributed by atoms with E-state index in [1.807, 2.05) is 6.26 Å². The van der Waals surface area contributed by atoms with Crippen LogP contribution in [0.4, 0.5) is 0 Å². The van der Waals surface area contributed by atoms with Gasteiger partial charge in [-0.25, -0.2) is 0 Å². The van der Waals surface area contributed by atoms with Gasteiger partial charge in [-0.05, 0) is 24.0 Å². The molecule has 0 spiro atoms. The van der Waals surface area contributed by atoms with Crippen molar-refractivity contribution in [1.29, 1.82) is 0 Å². The first-order chi connectivity index (χ1) is 10.4. The minimum atomic E-state index is -1.37. The van der Waals surface area contributed by atoms with E-state index in [0.717, 1.165) is 19.1 Å². The molecule has 0 aliphatic heterocycles. The molecule has 0 aliphatic carbocycles.